The van der Waals surface area contributed by atoms with Gasteiger partial charge >= 0.3 is 5.97 Å². The van der Waals surface area contributed by atoms with Gasteiger partial charge < -0.3 is 9.47 Å². The zero-order valence-electron chi connectivity index (χ0n) is 14.4. The summed E-state index contributed by atoms with van der Waals surface area (Å²) in [4.78, 5) is 16.7. The van der Waals surface area contributed by atoms with Crippen molar-refractivity contribution in [1.29, 1.82) is 0 Å². The number of benzene rings is 2. The van der Waals surface area contributed by atoms with Crippen LogP contribution in [-0.2, 0) is 9.53 Å². The highest BCUT2D eigenvalue weighted by Gasteiger charge is 2.30. The average molecular weight is 400 g/mol. The zero-order valence-corrected chi connectivity index (χ0v) is 15.9. The highest BCUT2D eigenvalue weighted by Crippen LogP contribution is 2.36. The number of cyclic esters (lactones) is 1. The molecule has 1 fully saturated rings. The molecule has 0 radical (unpaired) electrons. The number of rotatable bonds is 3. The van der Waals surface area contributed by atoms with Crippen molar-refractivity contribution in [3.63, 3.8) is 0 Å². The molecule has 6 heteroatoms. The summed E-state index contributed by atoms with van der Waals surface area (Å²) in [5.41, 5.74) is 2.81. The van der Waals surface area contributed by atoms with Gasteiger partial charge in [0.25, 0.3) is 0 Å². The number of para-hydroxylation sites is 1. The topological polar surface area (TPSA) is 48.4 Å². The Balaban J connectivity index is 1.68. The molecule has 0 aliphatic carbocycles. The van der Waals surface area contributed by atoms with Crippen LogP contribution in [0, 0.1) is 0 Å². The minimum Gasteiger partial charge on any atom is -0.494 e. The normalized spacial score (nSPS) is 18.1. The van der Waals surface area contributed by atoms with Gasteiger partial charge in [-0.2, -0.15) is 0 Å². The number of nitrogens with zero attached hydrogens (tertiary/aromatic N) is 1. The Labute approximate surface area is 166 Å². The molecular formula is C21H15Cl2NO3. The number of halogens is 2. The van der Waals surface area contributed by atoms with Gasteiger partial charge in [0.1, 0.15) is 22.5 Å². The summed E-state index contributed by atoms with van der Waals surface area (Å²) in [6.07, 6.45) is 1.88. The first-order valence-corrected chi connectivity index (χ1v) is 9.11. The molecule has 2 heterocycles. The van der Waals surface area contributed by atoms with E-state index in [-0.39, 0.29) is 12.1 Å². The molecule has 27 heavy (non-hydrogen) atoms. The van der Waals surface area contributed by atoms with Crippen LogP contribution >= 0.6 is 23.2 Å². The molecule has 1 atom stereocenters. The number of fused-ring (bicyclic) bond motifs is 1. The molecule has 3 aromatic rings. The molecule has 1 unspecified atom stereocenters. The van der Waals surface area contributed by atoms with Crippen molar-refractivity contribution < 1.29 is 14.3 Å². The summed E-state index contributed by atoms with van der Waals surface area (Å²) in [5.74, 6) is 0.299. The summed E-state index contributed by atoms with van der Waals surface area (Å²) < 4.78 is 10.8. The summed E-state index contributed by atoms with van der Waals surface area (Å²) >= 11 is 12.3. The first-order chi connectivity index (χ1) is 13.0. The van der Waals surface area contributed by atoms with E-state index in [2.05, 4.69) is 4.98 Å². The zero-order chi connectivity index (χ0) is 19.0. The van der Waals surface area contributed by atoms with Crippen molar-refractivity contribution in [2.75, 3.05) is 7.11 Å². The number of hydrogen-bond donors (Lipinski definition) is 0. The molecule has 0 spiro atoms. The van der Waals surface area contributed by atoms with Crippen LogP contribution in [0.25, 0.3) is 17.0 Å². The van der Waals surface area contributed by atoms with Gasteiger partial charge in [0, 0.05) is 28.0 Å². The van der Waals surface area contributed by atoms with Crippen LogP contribution in [0.15, 0.2) is 54.1 Å². The Morgan fingerprint density at radius 1 is 1.19 bits per heavy atom. The number of ether oxygens (including phenoxy) is 2. The summed E-state index contributed by atoms with van der Waals surface area (Å²) in [5, 5.41) is 1.83. The van der Waals surface area contributed by atoms with E-state index in [1.165, 1.54) is 0 Å². The highest BCUT2D eigenvalue weighted by molar-refractivity contribution is 6.31. The smallest absolute Gasteiger partial charge is 0.334 e. The van der Waals surface area contributed by atoms with Gasteiger partial charge in [0.05, 0.1) is 7.11 Å². The van der Waals surface area contributed by atoms with Crippen molar-refractivity contribution in [2.24, 2.45) is 0 Å². The van der Waals surface area contributed by atoms with Crippen LogP contribution in [0.5, 0.6) is 5.75 Å². The standard InChI is InChI=1S/C21H15Cl2NO3/c1-26-17-4-2-3-13-9-14(20(23)24-19(13)17)10-15-11-18(27-21(15)25)12-5-7-16(22)8-6-12/h2-10,18H,11H2,1H3/b15-10-. The second-order valence-corrected chi connectivity index (χ2v) is 7.01. The van der Waals surface area contributed by atoms with Crippen molar-refractivity contribution in [3.05, 3.63) is 75.4 Å². The molecule has 1 aromatic heterocycles. The summed E-state index contributed by atoms with van der Waals surface area (Å²) in [6, 6.07) is 14.8. The fourth-order valence-corrected chi connectivity index (χ4v) is 3.45. The van der Waals surface area contributed by atoms with Gasteiger partial charge in [-0.15, -0.1) is 0 Å². The lowest BCUT2D eigenvalue weighted by molar-refractivity contribution is -0.139. The molecule has 4 nitrogen and oxygen atoms in total. The minimum absolute atomic E-state index is 0.308. The first kappa shape index (κ1) is 17.8. The monoisotopic (exact) mass is 399 g/mol. The molecule has 0 saturated carbocycles. The van der Waals surface area contributed by atoms with Gasteiger partial charge in [0.2, 0.25) is 0 Å². The van der Waals surface area contributed by atoms with Crippen LogP contribution in [0.2, 0.25) is 10.2 Å². The maximum Gasteiger partial charge on any atom is 0.334 e. The van der Waals surface area contributed by atoms with Crippen molar-refractivity contribution in [3.8, 4) is 5.75 Å². The van der Waals surface area contributed by atoms with Crippen molar-refractivity contribution in [1.82, 2.24) is 4.98 Å². The Kier molecular flexibility index (Phi) is 4.77. The van der Waals surface area contributed by atoms with E-state index in [0.29, 0.717) is 39.0 Å². The van der Waals surface area contributed by atoms with Gasteiger partial charge in [-0.1, -0.05) is 47.5 Å². The van der Waals surface area contributed by atoms with Gasteiger partial charge in [0.15, 0.2) is 0 Å². The molecule has 136 valence electrons. The molecule has 0 amide bonds. The quantitative estimate of drug-likeness (QED) is 0.325. The Hall–Kier alpha value is -2.56. The van der Waals surface area contributed by atoms with E-state index in [1.807, 2.05) is 36.4 Å². The van der Waals surface area contributed by atoms with Crippen molar-refractivity contribution in [2.45, 2.75) is 12.5 Å². The Morgan fingerprint density at radius 2 is 1.96 bits per heavy atom. The van der Waals surface area contributed by atoms with E-state index in [0.717, 1.165) is 10.9 Å². The number of methoxy groups -OCH3 is 1. The summed E-state index contributed by atoms with van der Waals surface area (Å²) in [7, 11) is 1.59. The first-order valence-electron chi connectivity index (χ1n) is 8.35. The van der Waals surface area contributed by atoms with Crippen LogP contribution in [-0.4, -0.2) is 18.1 Å². The molecule has 0 bridgehead atoms. The Morgan fingerprint density at radius 3 is 2.70 bits per heavy atom. The molecule has 2 aromatic carbocycles. The third kappa shape index (κ3) is 3.51. The van der Waals surface area contributed by atoms with Gasteiger partial charge in [-0.05, 0) is 35.9 Å². The second-order valence-electron chi connectivity index (χ2n) is 6.22. The fraction of sp³-hybridized carbons (Fsp3) is 0.143. The molecule has 1 aliphatic rings. The lowest BCUT2D eigenvalue weighted by atomic mass is 10.0. The van der Waals surface area contributed by atoms with Crippen LogP contribution in [0.3, 0.4) is 0 Å². The maximum atomic E-state index is 12.3. The van der Waals surface area contributed by atoms with Crippen LogP contribution < -0.4 is 4.74 Å². The van der Waals surface area contributed by atoms with E-state index in [9.17, 15) is 4.79 Å². The fourth-order valence-electron chi connectivity index (χ4n) is 3.13. The largest absolute Gasteiger partial charge is 0.494 e. The number of aromatic nitrogens is 1. The number of esters is 1. The molecular weight excluding hydrogens is 385 g/mol. The number of pyridine rings is 1. The third-order valence-electron chi connectivity index (χ3n) is 4.50. The number of carbonyl (C=O) groups is 1. The van der Waals surface area contributed by atoms with Crippen LogP contribution in [0.1, 0.15) is 23.7 Å². The number of carbonyl (C=O) groups excluding carboxylic acids is 1. The SMILES string of the molecule is COc1cccc2cc(/C=C3/CC(c4ccc(Cl)cc4)OC3=O)c(Cl)nc12. The lowest BCUT2D eigenvalue weighted by Crippen LogP contribution is -1.98. The molecule has 1 saturated heterocycles. The van der Waals surface area contributed by atoms with Crippen LogP contribution in [0.4, 0.5) is 0 Å². The van der Waals surface area contributed by atoms with E-state index in [4.69, 9.17) is 32.7 Å². The van der Waals surface area contributed by atoms with Crippen molar-refractivity contribution >= 4 is 46.2 Å². The van der Waals surface area contributed by atoms with E-state index >= 15 is 0 Å². The third-order valence-corrected chi connectivity index (χ3v) is 5.05. The van der Waals surface area contributed by atoms with E-state index in [1.54, 1.807) is 25.3 Å². The lowest BCUT2D eigenvalue weighted by Gasteiger charge is -2.08. The predicted molar refractivity (Wildman–Crippen MR) is 106 cm³/mol. The van der Waals surface area contributed by atoms with E-state index < -0.39 is 0 Å². The Bertz CT molecular complexity index is 1060. The minimum atomic E-state index is -0.350. The molecule has 0 N–H and O–H groups in total. The predicted octanol–water partition coefficient (Wildman–Crippen LogP) is 5.62. The summed E-state index contributed by atoms with van der Waals surface area (Å²) in [6.45, 7) is 0. The average Bonchev–Trinajstić information content (AvgIpc) is 3.03. The van der Waals surface area contributed by atoms with Gasteiger partial charge in [-0.3, -0.25) is 0 Å². The second kappa shape index (κ2) is 7.22. The highest BCUT2D eigenvalue weighted by atomic mass is 35.5. The molecule has 4 rings (SSSR count). The number of hydrogen-bond acceptors (Lipinski definition) is 4. The van der Waals surface area contributed by atoms with Gasteiger partial charge in [-0.25, -0.2) is 9.78 Å². The maximum absolute atomic E-state index is 12.3. The molecule has 1 aliphatic heterocycles.